The molecule has 0 bridgehead atoms. The van der Waals surface area contributed by atoms with Gasteiger partial charge < -0.3 is 15.5 Å². The molecule has 2 rings (SSSR count). The first-order chi connectivity index (χ1) is 11.4. The lowest BCUT2D eigenvalue weighted by atomic mass is 10.1. The fourth-order valence-electron chi connectivity index (χ4n) is 2.72. The molecular formula is C15H23N3O5S. The van der Waals surface area contributed by atoms with Crippen LogP contribution in [0.15, 0.2) is 29.2 Å². The lowest BCUT2D eigenvalue weighted by molar-refractivity contribution is 0.0938. The third-order valence-corrected chi connectivity index (χ3v) is 5.54. The maximum atomic E-state index is 12.2. The lowest BCUT2D eigenvalue weighted by Crippen LogP contribution is -2.36. The minimum Gasteiger partial charge on any atom is -0.395 e. The molecule has 0 saturated carbocycles. The molecule has 1 aliphatic rings. The number of nitrogens with zero attached hydrogens (tertiary/aromatic N) is 1. The van der Waals surface area contributed by atoms with E-state index in [9.17, 15) is 18.3 Å². The molecule has 4 N–H and O–H groups in total. The van der Waals surface area contributed by atoms with E-state index in [1.807, 2.05) is 11.9 Å². The van der Waals surface area contributed by atoms with Gasteiger partial charge in [0.05, 0.1) is 18.1 Å². The summed E-state index contributed by atoms with van der Waals surface area (Å²) in [6, 6.07) is 5.60. The van der Waals surface area contributed by atoms with E-state index in [0.29, 0.717) is 18.5 Å². The highest BCUT2D eigenvalue weighted by molar-refractivity contribution is 7.89. The molecule has 0 aliphatic carbocycles. The van der Waals surface area contributed by atoms with E-state index in [4.69, 9.17) is 5.11 Å². The molecule has 24 heavy (non-hydrogen) atoms. The number of carbonyl (C=O) groups is 1. The van der Waals surface area contributed by atoms with Gasteiger partial charge in [0.2, 0.25) is 10.0 Å². The van der Waals surface area contributed by atoms with Crippen molar-refractivity contribution in [3.8, 4) is 0 Å². The SMILES string of the molecule is CN1C[C@H](NC(=O)c2ccc(S(=O)(=O)NCCO)cc2)C[C@H]1CO. The smallest absolute Gasteiger partial charge is 0.251 e. The fraction of sp³-hybridized carbons (Fsp3) is 0.533. The predicted octanol–water partition coefficient (Wildman–Crippen LogP) is -1.25. The Kier molecular flexibility index (Phi) is 6.30. The minimum absolute atomic E-state index is 0.0356. The summed E-state index contributed by atoms with van der Waals surface area (Å²) in [5.41, 5.74) is 0.367. The zero-order valence-electron chi connectivity index (χ0n) is 13.5. The monoisotopic (exact) mass is 357 g/mol. The van der Waals surface area contributed by atoms with Gasteiger partial charge in [-0.15, -0.1) is 0 Å². The molecule has 1 heterocycles. The van der Waals surface area contributed by atoms with Crippen molar-refractivity contribution in [1.82, 2.24) is 14.9 Å². The third-order valence-electron chi connectivity index (χ3n) is 4.06. The van der Waals surface area contributed by atoms with Crippen LogP contribution in [0.4, 0.5) is 0 Å². The molecule has 1 aromatic carbocycles. The molecule has 0 radical (unpaired) electrons. The van der Waals surface area contributed by atoms with Crippen LogP contribution in [-0.4, -0.2) is 74.9 Å². The van der Waals surface area contributed by atoms with Crippen molar-refractivity contribution in [3.05, 3.63) is 29.8 Å². The predicted molar refractivity (Wildman–Crippen MR) is 88.1 cm³/mol. The first-order valence-electron chi connectivity index (χ1n) is 7.70. The molecule has 1 aromatic rings. The second kappa shape index (κ2) is 8.04. The average molecular weight is 357 g/mol. The van der Waals surface area contributed by atoms with Crippen LogP contribution in [0.1, 0.15) is 16.8 Å². The van der Waals surface area contributed by atoms with Crippen molar-refractivity contribution in [2.45, 2.75) is 23.4 Å². The largest absolute Gasteiger partial charge is 0.395 e. The molecule has 0 aromatic heterocycles. The van der Waals surface area contributed by atoms with Crippen molar-refractivity contribution in [1.29, 1.82) is 0 Å². The number of likely N-dealkylation sites (tertiary alicyclic amines) is 1. The van der Waals surface area contributed by atoms with Crippen molar-refractivity contribution in [2.75, 3.05) is 33.4 Å². The van der Waals surface area contributed by atoms with Gasteiger partial charge in [-0.1, -0.05) is 0 Å². The number of hydrogen-bond acceptors (Lipinski definition) is 6. The van der Waals surface area contributed by atoms with Gasteiger partial charge in [0.15, 0.2) is 0 Å². The van der Waals surface area contributed by atoms with Crippen molar-refractivity contribution in [3.63, 3.8) is 0 Å². The summed E-state index contributed by atoms with van der Waals surface area (Å²) in [6.07, 6.45) is 0.677. The van der Waals surface area contributed by atoms with Crippen LogP contribution in [0.25, 0.3) is 0 Å². The van der Waals surface area contributed by atoms with E-state index in [1.54, 1.807) is 0 Å². The highest BCUT2D eigenvalue weighted by Crippen LogP contribution is 2.16. The number of amides is 1. The molecule has 0 spiro atoms. The Morgan fingerprint density at radius 3 is 2.50 bits per heavy atom. The fourth-order valence-corrected chi connectivity index (χ4v) is 3.74. The van der Waals surface area contributed by atoms with Gasteiger partial charge in [-0.2, -0.15) is 0 Å². The van der Waals surface area contributed by atoms with Crippen LogP contribution in [0.5, 0.6) is 0 Å². The molecule has 1 fully saturated rings. The zero-order chi connectivity index (χ0) is 17.7. The molecule has 8 nitrogen and oxygen atoms in total. The second-order valence-corrected chi connectivity index (χ2v) is 7.59. The average Bonchev–Trinajstić information content (AvgIpc) is 2.92. The number of carbonyl (C=O) groups excluding carboxylic acids is 1. The van der Waals surface area contributed by atoms with E-state index in [1.165, 1.54) is 24.3 Å². The maximum Gasteiger partial charge on any atom is 0.251 e. The maximum absolute atomic E-state index is 12.2. The van der Waals surface area contributed by atoms with Crippen LogP contribution >= 0.6 is 0 Å². The Hall–Kier alpha value is -1.52. The van der Waals surface area contributed by atoms with E-state index in [2.05, 4.69) is 10.0 Å². The topological polar surface area (TPSA) is 119 Å². The Balaban J connectivity index is 1.99. The third kappa shape index (κ3) is 4.52. The minimum atomic E-state index is -3.68. The van der Waals surface area contributed by atoms with Gasteiger partial charge in [-0.3, -0.25) is 9.69 Å². The number of benzene rings is 1. The highest BCUT2D eigenvalue weighted by Gasteiger charge is 2.30. The second-order valence-electron chi connectivity index (χ2n) is 5.83. The quantitative estimate of drug-likeness (QED) is 0.484. The van der Waals surface area contributed by atoms with Crippen LogP contribution in [0.3, 0.4) is 0 Å². The summed E-state index contributed by atoms with van der Waals surface area (Å²) < 4.78 is 26.0. The van der Waals surface area contributed by atoms with Gasteiger partial charge in [0, 0.05) is 30.7 Å². The number of aliphatic hydroxyl groups is 2. The van der Waals surface area contributed by atoms with Gasteiger partial charge in [0.25, 0.3) is 5.91 Å². The summed E-state index contributed by atoms with van der Waals surface area (Å²) in [5.74, 6) is -0.278. The summed E-state index contributed by atoms with van der Waals surface area (Å²) in [5, 5.41) is 20.8. The molecule has 1 saturated heterocycles. The van der Waals surface area contributed by atoms with Gasteiger partial charge in [-0.05, 0) is 37.7 Å². The number of aliphatic hydroxyl groups excluding tert-OH is 2. The van der Waals surface area contributed by atoms with Crippen LogP contribution in [-0.2, 0) is 10.0 Å². The first kappa shape index (κ1) is 18.8. The van der Waals surface area contributed by atoms with Gasteiger partial charge in [-0.25, -0.2) is 13.1 Å². The normalized spacial score (nSPS) is 21.8. The highest BCUT2D eigenvalue weighted by atomic mass is 32.2. The Morgan fingerprint density at radius 2 is 1.96 bits per heavy atom. The van der Waals surface area contributed by atoms with E-state index in [-0.39, 0.29) is 42.6 Å². The standard InChI is InChI=1S/C15H23N3O5S/c1-18-9-12(8-13(18)10-20)17-15(21)11-2-4-14(5-3-11)24(22,23)16-6-7-19/h2-5,12-13,16,19-20H,6-10H2,1H3,(H,17,21)/t12-,13+/m1/s1. The molecule has 0 unspecified atom stereocenters. The Bertz CT molecular complexity index is 662. The summed E-state index contributed by atoms with van der Waals surface area (Å²) in [4.78, 5) is 14.3. The number of rotatable bonds is 7. The molecule has 1 amide bonds. The number of sulfonamides is 1. The Labute approximate surface area is 141 Å². The zero-order valence-corrected chi connectivity index (χ0v) is 14.3. The summed E-state index contributed by atoms with van der Waals surface area (Å²) in [7, 11) is -1.79. The van der Waals surface area contributed by atoms with Crippen LogP contribution in [0.2, 0.25) is 0 Å². The van der Waals surface area contributed by atoms with E-state index >= 15 is 0 Å². The molecular weight excluding hydrogens is 334 g/mol. The number of hydrogen-bond donors (Lipinski definition) is 4. The molecule has 1 aliphatic heterocycles. The van der Waals surface area contributed by atoms with Crippen molar-refractivity contribution < 1.29 is 23.4 Å². The summed E-state index contributed by atoms with van der Waals surface area (Å²) in [6.45, 7) is 0.362. The lowest BCUT2D eigenvalue weighted by Gasteiger charge is -2.15. The summed E-state index contributed by atoms with van der Waals surface area (Å²) >= 11 is 0. The van der Waals surface area contributed by atoms with E-state index in [0.717, 1.165) is 0 Å². The molecule has 134 valence electrons. The van der Waals surface area contributed by atoms with Crippen molar-refractivity contribution >= 4 is 15.9 Å². The molecule has 9 heteroatoms. The Morgan fingerprint density at radius 1 is 1.29 bits per heavy atom. The van der Waals surface area contributed by atoms with Gasteiger partial charge >= 0.3 is 0 Å². The van der Waals surface area contributed by atoms with Crippen LogP contribution < -0.4 is 10.0 Å². The first-order valence-corrected chi connectivity index (χ1v) is 9.18. The molecule has 2 atom stereocenters. The number of nitrogens with one attached hydrogen (secondary N) is 2. The van der Waals surface area contributed by atoms with E-state index < -0.39 is 10.0 Å². The van der Waals surface area contributed by atoms with Crippen molar-refractivity contribution in [2.24, 2.45) is 0 Å². The van der Waals surface area contributed by atoms with Crippen LogP contribution in [0, 0.1) is 0 Å². The number of likely N-dealkylation sites (N-methyl/N-ethyl adjacent to an activating group) is 1. The van der Waals surface area contributed by atoms with Gasteiger partial charge in [0.1, 0.15) is 0 Å².